The highest BCUT2D eigenvalue weighted by atomic mass is 32.2. The number of fused-ring (bicyclic) bond motifs is 1. The van der Waals surface area contributed by atoms with Crippen molar-refractivity contribution in [2.24, 2.45) is 5.92 Å². The van der Waals surface area contributed by atoms with Crippen LogP contribution in [0.15, 0.2) is 53.4 Å². The highest BCUT2D eigenvalue weighted by molar-refractivity contribution is 7.90. The summed E-state index contributed by atoms with van der Waals surface area (Å²) in [6.45, 7) is 5.72. The fraction of sp³-hybridized carbons (Fsp3) is 0.318. The monoisotopic (exact) mass is 465 g/mol. The molecule has 0 radical (unpaired) electrons. The van der Waals surface area contributed by atoms with Gasteiger partial charge in [0.15, 0.2) is 5.78 Å². The van der Waals surface area contributed by atoms with Crippen molar-refractivity contribution in [1.82, 2.24) is 3.97 Å². The summed E-state index contributed by atoms with van der Waals surface area (Å²) in [6, 6.07) is 10.7. The van der Waals surface area contributed by atoms with Crippen LogP contribution in [0.4, 0.5) is 13.2 Å². The molecule has 1 saturated carbocycles. The summed E-state index contributed by atoms with van der Waals surface area (Å²) in [5.41, 5.74) is -0.725. The molecule has 1 aromatic heterocycles. The summed E-state index contributed by atoms with van der Waals surface area (Å²) >= 11 is 0. The second-order valence-corrected chi connectivity index (χ2v) is 15.7. The molecule has 9 heteroatoms. The maximum Gasteiger partial charge on any atom is 0.416 e. The van der Waals surface area contributed by atoms with Crippen molar-refractivity contribution in [2.75, 3.05) is 0 Å². The van der Waals surface area contributed by atoms with Gasteiger partial charge in [0.1, 0.15) is 5.69 Å². The minimum Gasteiger partial charge on any atom is -0.292 e. The zero-order chi connectivity index (χ0) is 22.8. The van der Waals surface area contributed by atoms with E-state index >= 15 is 0 Å². The fourth-order valence-electron chi connectivity index (χ4n) is 3.91. The Kier molecular flexibility index (Phi) is 4.97. The summed E-state index contributed by atoms with van der Waals surface area (Å²) in [4.78, 5) is 13.3. The average molecular weight is 466 g/mol. The second-order valence-electron chi connectivity index (χ2n) is 8.92. The van der Waals surface area contributed by atoms with Gasteiger partial charge in [0.2, 0.25) is 0 Å². The van der Waals surface area contributed by atoms with E-state index in [0.717, 1.165) is 16.1 Å². The van der Waals surface area contributed by atoms with Gasteiger partial charge in [-0.3, -0.25) is 4.79 Å². The lowest BCUT2D eigenvalue weighted by Gasteiger charge is -2.19. The van der Waals surface area contributed by atoms with Crippen LogP contribution in [0.5, 0.6) is 0 Å². The normalized spacial score (nSPS) is 15.4. The van der Waals surface area contributed by atoms with Crippen LogP contribution in [0.2, 0.25) is 19.6 Å². The van der Waals surface area contributed by atoms with Crippen LogP contribution in [-0.2, 0) is 16.2 Å². The molecular weight excluding hydrogens is 443 g/mol. The third-order valence-corrected chi connectivity index (χ3v) is 9.20. The summed E-state index contributed by atoms with van der Waals surface area (Å²) < 4.78 is 68.7. The zero-order valence-corrected chi connectivity index (χ0v) is 19.1. The number of nitrogens with zero attached hydrogens (tertiary/aromatic N) is 1. The van der Waals surface area contributed by atoms with Gasteiger partial charge in [-0.2, -0.15) is 13.2 Å². The van der Waals surface area contributed by atoms with Crippen molar-refractivity contribution >= 4 is 40.0 Å². The maximum atomic E-state index is 13.6. The first-order valence-corrected chi connectivity index (χ1v) is 14.9. The van der Waals surface area contributed by atoms with Crippen molar-refractivity contribution in [3.05, 3.63) is 59.8 Å². The van der Waals surface area contributed by atoms with Gasteiger partial charge < -0.3 is 0 Å². The van der Waals surface area contributed by atoms with Crippen molar-refractivity contribution < 1.29 is 26.4 Å². The molecular formula is C22H22F3NO3SSi. The van der Waals surface area contributed by atoms with E-state index in [-0.39, 0.29) is 33.2 Å². The number of hydrogen-bond donors (Lipinski definition) is 0. The molecule has 2 aromatic carbocycles. The van der Waals surface area contributed by atoms with Crippen LogP contribution in [-0.4, -0.2) is 26.2 Å². The lowest BCUT2D eigenvalue weighted by molar-refractivity contribution is -0.137. The molecule has 0 saturated heterocycles. The van der Waals surface area contributed by atoms with E-state index in [0.29, 0.717) is 18.0 Å². The first-order chi connectivity index (χ1) is 14.3. The molecule has 1 aliphatic rings. The van der Waals surface area contributed by atoms with Gasteiger partial charge in [-0.15, -0.1) is 0 Å². The number of ketones is 1. The predicted octanol–water partition coefficient (Wildman–Crippen LogP) is 5.04. The van der Waals surface area contributed by atoms with Gasteiger partial charge in [0.05, 0.1) is 24.0 Å². The quantitative estimate of drug-likeness (QED) is 0.392. The Morgan fingerprint density at radius 1 is 1.03 bits per heavy atom. The summed E-state index contributed by atoms with van der Waals surface area (Å²) in [6.07, 6.45) is -3.26. The molecule has 0 spiro atoms. The first-order valence-electron chi connectivity index (χ1n) is 9.94. The smallest absolute Gasteiger partial charge is 0.292 e. The van der Waals surface area contributed by atoms with Crippen LogP contribution in [0, 0.1) is 5.92 Å². The molecule has 4 nitrogen and oxygen atoms in total. The van der Waals surface area contributed by atoms with Gasteiger partial charge in [-0.1, -0.05) is 37.8 Å². The topological polar surface area (TPSA) is 56.1 Å². The molecule has 31 heavy (non-hydrogen) atoms. The predicted molar refractivity (Wildman–Crippen MR) is 116 cm³/mol. The average Bonchev–Trinajstić information content (AvgIpc) is 3.46. The minimum absolute atomic E-state index is 0.0150. The Morgan fingerprint density at radius 3 is 2.16 bits per heavy atom. The summed E-state index contributed by atoms with van der Waals surface area (Å²) in [5, 5.41) is 0.655. The highest BCUT2D eigenvalue weighted by Gasteiger charge is 2.41. The van der Waals surface area contributed by atoms with E-state index in [1.165, 1.54) is 18.2 Å². The standard InChI is InChI=1S/C22H22F3NO3SSi/c1-31(2,3)21-17-13-15(22(23,24)25)11-12-18(17)26(19(21)20(27)14-9-10-14)30(28,29)16-7-5-4-6-8-16/h4-8,11-14H,9-10H2,1-3H3. The number of Topliss-reactive ketones (excluding diaryl/α,β-unsaturated/α-hetero) is 1. The van der Waals surface area contributed by atoms with E-state index in [1.54, 1.807) is 18.2 Å². The van der Waals surface area contributed by atoms with Gasteiger partial charge in [0.25, 0.3) is 10.0 Å². The SMILES string of the molecule is C[Si](C)(C)c1c(C(=O)C2CC2)n(S(=O)(=O)c2ccccc2)c2ccc(C(F)(F)F)cc12. The summed E-state index contributed by atoms with van der Waals surface area (Å²) in [5.74, 6) is -0.590. The van der Waals surface area contributed by atoms with Crippen LogP contribution in [0.3, 0.4) is 0 Å². The Labute approximate surface area is 179 Å². The molecule has 0 aliphatic heterocycles. The minimum atomic E-state index is -4.58. The lowest BCUT2D eigenvalue weighted by Crippen LogP contribution is -2.42. The third-order valence-electron chi connectivity index (χ3n) is 5.46. The van der Waals surface area contributed by atoms with E-state index in [2.05, 4.69) is 0 Å². The first kappa shape index (κ1) is 21.8. The van der Waals surface area contributed by atoms with Crippen molar-refractivity contribution in [3.63, 3.8) is 0 Å². The molecule has 0 amide bonds. The van der Waals surface area contributed by atoms with E-state index in [4.69, 9.17) is 0 Å². The van der Waals surface area contributed by atoms with Crippen molar-refractivity contribution in [2.45, 2.75) is 43.6 Å². The van der Waals surface area contributed by atoms with Crippen molar-refractivity contribution in [1.29, 1.82) is 0 Å². The van der Waals surface area contributed by atoms with Crippen LogP contribution in [0.1, 0.15) is 28.9 Å². The molecule has 1 heterocycles. The number of carbonyl (C=O) groups excluding carboxylic acids is 1. The molecule has 0 atom stereocenters. The molecule has 164 valence electrons. The number of benzene rings is 2. The molecule has 4 rings (SSSR count). The number of halogens is 3. The summed E-state index contributed by atoms with van der Waals surface area (Å²) in [7, 11) is -6.64. The lowest BCUT2D eigenvalue weighted by atomic mass is 10.1. The van der Waals surface area contributed by atoms with E-state index in [9.17, 15) is 26.4 Å². The number of carbonyl (C=O) groups is 1. The molecule has 1 aliphatic carbocycles. The number of rotatable bonds is 5. The zero-order valence-electron chi connectivity index (χ0n) is 17.3. The largest absolute Gasteiger partial charge is 0.416 e. The fourth-order valence-corrected chi connectivity index (χ4v) is 7.49. The maximum absolute atomic E-state index is 13.6. The molecule has 0 unspecified atom stereocenters. The molecule has 3 aromatic rings. The van der Waals surface area contributed by atoms with Crippen LogP contribution >= 0.6 is 0 Å². The van der Waals surface area contributed by atoms with Gasteiger partial charge in [-0.25, -0.2) is 12.4 Å². The van der Waals surface area contributed by atoms with Crippen LogP contribution < -0.4 is 5.19 Å². The molecule has 0 N–H and O–H groups in total. The number of aromatic nitrogens is 1. The van der Waals surface area contributed by atoms with E-state index < -0.39 is 29.8 Å². The second kappa shape index (κ2) is 7.06. The van der Waals surface area contributed by atoms with Gasteiger partial charge in [-0.05, 0) is 48.4 Å². The Hall–Kier alpha value is -2.39. The third kappa shape index (κ3) is 3.74. The van der Waals surface area contributed by atoms with Crippen LogP contribution in [0.25, 0.3) is 10.9 Å². The Bertz CT molecular complexity index is 1290. The van der Waals surface area contributed by atoms with Crippen molar-refractivity contribution in [3.8, 4) is 0 Å². The van der Waals surface area contributed by atoms with Gasteiger partial charge in [0, 0.05) is 11.3 Å². The molecule has 0 bridgehead atoms. The van der Waals surface area contributed by atoms with E-state index in [1.807, 2.05) is 19.6 Å². The Balaban J connectivity index is 2.16. The van der Waals surface area contributed by atoms with Gasteiger partial charge >= 0.3 is 6.18 Å². The number of alkyl halides is 3. The highest BCUT2D eigenvalue weighted by Crippen LogP contribution is 2.38. The number of hydrogen-bond acceptors (Lipinski definition) is 3. The molecule has 1 fully saturated rings. The Morgan fingerprint density at radius 2 is 1.65 bits per heavy atom.